The van der Waals surface area contributed by atoms with Crippen LogP contribution in [-0.2, 0) is 9.53 Å². The molecule has 2 atom stereocenters. The highest BCUT2D eigenvalue weighted by Gasteiger charge is 2.38. The van der Waals surface area contributed by atoms with Gasteiger partial charge in [-0.3, -0.25) is 4.79 Å². The molecule has 1 aliphatic heterocycles. The number of ether oxygens (including phenoxy) is 1. The Kier molecular flexibility index (Phi) is 18.7. The van der Waals surface area contributed by atoms with E-state index in [9.17, 15) is 14.7 Å². The van der Waals surface area contributed by atoms with Crippen molar-refractivity contribution in [1.29, 1.82) is 0 Å². The molecule has 1 rings (SSSR count). The number of rotatable bonds is 3. The topological polar surface area (TPSA) is 66.8 Å². The van der Waals surface area contributed by atoms with E-state index in [0.29, 0.717) is 19.5 Å². The zero-order chi connectivity index (χ0) is 22.9. The Bertz CT molecular complexity index is 489. The lowest BCUT2D eigenvalue weighted by Gasteiger charge is -2.38. The van der Waals surface area contributed by atoms with Crippen molar-refractivity contribution in [2.45, 2.75) is 74.3 Å². The molecule has 0 saturated carbocycles. The van der Waals surface area contributed by atoms with Crippen molar-refractivity contribution in [3.05, 3.63) is 37.0 Å². The van der Waals surface area contributed by atoms with Crippen LogP contribution in [-0.4, -0.2) is 40.8 Å². The first kappa shape index (κ1) is 30.7. The van der Waals surface area contributed by atoms with Gasteiger partial charge >= 0.3 is 12.1 Å². The lowest BCUT2D eigenvalue weighted by molar-refractivity contribution is -0.145. The summed E-state index contributed by atoms with van der Waals surface area (Å²) in [5, 5.41) is 9.45. The van der Waals surface area contributed by atoms with E-state index in [4.69, 9.17) is 4.74 Å². The third-order valence-electron chi connectivity index (χ3n) is 3.70. The first-order valence-electron chi connectivity index (χ1n) is 10.2. The van der Waals surface area contributed by atoms with Gasteiger partial charge in [-0.05, 0) is 46.6 Å². The van der Waals surface area contributed by atoms with E-state index < -0.39 is 17.5 Å². The Morgan fingerprint density at radius 2 is 1.57 bits per heavy atom. The molecule has 2 unspecified atom stereocenters. The van der Waals surface area contributed by atoms with Crippen molar-refractivity contribution in [3.63, 3.8) is 0 Å². The van der Waals surface area contributed by atoms with Crippen molar-refractivity contribution in [2.24, 2.45) is 11.8 Å². The number of carbonyl (C=O) groups excluding carboxylic acids is 1. The number of carbonyl (C=O) groups is 2. The molecule has 0 aromatic rings. The van der Waals surface area contributed by atoms with Gasteiger partial charge in [-0.1, -0.05) is 45.9 Å². The number of allylic oxidation sites excluding steroid dienone is 3. The van der Waals surface area contributed by atoms with Crippen LogP contribution in [0.25, 0.3) is 0 Å². The average molecular weight is 398 g/mol. The minimum Gasteiger partial charge on any atom is -0.481 e. The molecule has 0 aromatic heterocycles. The number of piperidine rings is 1. The van der Waals surface area contributed by atoms with Crippen LogP contribution >= 0.6 is 0 Å². The molecule has 5 nitrogen and oxygen atoms in total. The third kappa shape index (κ3) is 11.6. The summed E-state index contributed by atoms with van der Waals surface area (Å²) in [7, 11) is 0. The average Bonchev–Trinajstić information content (AvgIpc) is 2.69. The van der Waals surface area contributed by atoms with Crippen LogP contribution in [0.5, 0.6) is 0 Å². The molecule has 0 bridgehead atoms. The van der Waals surface area contributed by atoms with E-state index in [1.807, 2.05) is 80.5 Å². The van der Waals surface area contributed by atoms with E-state index >= 15 is 0 Å². The number of likely N-dealkylation sites (tertiary alicyclic amines) is 1. The number of hydrogen-bond donors (Lipinski definition) is 1. The van der Waals surface area contributed by atoms with Gasteiger partial charge in [0.05, 0.1) is 5.92 Å². The molecule has 5 heteroatoms. The zero-order valence-electron chi connectivity index (χ0n) is 19.5. The lowest BCUT2D eigenvalue weighted by Crippen LogP contribution is -2.48. The van der Waals surface area contributed by atoms with E-state index in [1.54, 1.807) is 4.90 Å². The summed E-state index contributed by atoms with van der Waals surface area (Å²) in [4.78, 5) is 25.3. The summed E-state index contributed by atoms with van der Waals surface area (Å²) in [6, 6.07) is 0. The van der Waals surface area contributed by atoms with Crippen LogP contribution in [0.4, 0.5) is 4.79 Å². The maximum absolute atomic E-state index is 12.2. The summed E-state index contributed by atoms with van der Waals surface area (Å²) < 4.78 is 5.40. The van der Waals surface area contributed by atoms with Gasteiger partial charge < -0.3 is 14.7 Å². The summed E-state index contributed by atoms with van der Waals surface area (Å²) in [6.45, 7) is 24.0. The summed E-state index contributed by atoms with van der Waals surface area (Å²) in [5.41, 5.74) is 0.395. The molecule has 0 radical (unpaired) electrons. The highest BCUT2D eigenvalue weighted by molar-refractivity contribution is 5.73. The van der Waals surface area contributed by atoms with Crippen molar-refractivity contribution >= 4 is 12.1 Å². The second-order valence-electron chi connectivity index (χ2n) is 6.55. The van der Waals surface area contributed by atoms with Crippen LogP contribution in [0, 0.1) is 11.8 Å². The van der Waals surface area contributed by atoms with Gasteiger partial charge in [-0.15, -0.1) is 13.2 Å². The minimum atomic E-state index is -0.808. The van der Waals surface area contributed by atoms with E-state index in [1.165, 1.54) is 0 Å². The van der Waals surface area contributed by atoms with Crippen LogP contribution in [0.1, 0.15) is 68.7 Å². The van der Waals surface area contributed by atoms with Gasteiger partial charge in [0, 0.05) is 19.0 Å². The van der Waals surface area contributed by atoms with E-state index in [-0.39, 0.29) is 12.0 Å². The molecule has 0 aromatic carbocycles. The first-order chi connectivity index (χ1) is 13.2. The van der Waals surface area contributed by atoms with Gasteiger partial charge in [0.1, 0.15) is 5.60 Å². The Morgan fingerprint density at radius 3 is 1.93 bits per heavy atom. The zero-order valence-corrected chi connectivity index (χ0v) is 19.5. The quantitative estimate of drug-likeness (QED) is 0.447. The Balaban J connectivity index is -0.000000946. The second kappa shape index (κ2) is 17.1. The maximum Gasteiger partial charge on any atom is 0.410 e. The normalized spacial score (nSPS) is 19.2. The molecule has 28 heavy (non-hydrogen) atoms. The number of hydrogen-bond acceptors (Lipinski definition) is 3. The molecule has 164 valence electrons. The molecular formula is C23H43NO4. The third-order valence-corrected chi connectivity index (χ3v) is 3.70. The number of nitrogens with zero attached hydrogens (tertiary/aromatic N) is 1. The second-order valence-corrected chi connectivity index (χ2v) is 6.55. The molecule has 1 heterocycles. The number of carboxylic acids is 1. The highest BCUT2D eigenvalue weighted by Crippen LogP contribution is 2.31. The summed E-state index contributed by atoms with van der Waals surface area (Å²) >= 11 is 0. The maximum atomic E-state index is 12.2. The molecule has 0 spiro atoms. The monoisotopic (exact) mass is 397 g/mol. The van der Waals surface area contributed by atoms with Crippen LogP contribution in [0.15, 0.2) is 37.0 Å². The molecule has 1 aliphatic rings. The fourth-order valence-electron chi connectivity index (χ4n) is 2.70. The van der Waals surface area contributed by atoms with Gasteiger partial charge in [0.2, 0.25) is 0 Å². The van der Waals surface area contributed by atoms with Gasteiger partial charge in [-0.25, -0.2) is 4.79 Å². The predicted molar refractivity (Wildman–Crippen MR) is 120 cm³/mol. The lowest BCUT2D eigenvalue weighted by atomic mass is 9.80. The fourth-order valence-corrected chi connectivity index (χ4v) is 2.70. The van der Waals surface area contributed by atoms with Gasteiger partial charge in [0.25, 0.3) is 0 Å². The molecule has 1 fully saturated rings. The largest absolute Gasteiger partial charge is 0.481 e. The Morgan fingerprint density at radius 1 is 1.07 bits per heavy atom. The molecular weight excluding hydrogens is 354 g/mol. The predicted octanol–water partition coefficient (Wildman–Crippen LogP) is 6.32. The smallest absolute Gasteiger partial charge is 0.410 e. The fraction of sp³-hybridized carbons (Fsp3) is 0.652. The van der Waals surface area contributed by atoms with Gasteiger partial charge in [0.15, 0.2) is 0 Å². The first-order valence-corrected chi connectivity index (χ1v) is 10.2. The van der Waals surface area contributed by atoms with Crippen LogP contribution < -0.4 is 0 Å². The molecule has 1 saturated heterocycles. The van der Waals surface area contributed by atoms with Crippen molar-refractivity contribution in [1.82, 2.24) is 4.90 Å². The number of aliphatic carboxylic acids is 1. The van der Waals surface area contributed by atoms with Crippen molar-refractivity contribution in [2.75, 3.05) is 13.1 Å². The molecule has 1 amide bonds. The van der Waals surface area contributed by atoms with Crippen molar-refractivity contribution < 1.29 is 19.4 Å². The number of carboxylic acid groups (broad SMARTS) is 1. The number of amides is 1. The standard InChI is InChI=1S/C17H27NO4.2C2H6.C2H4/c1-6-8-12(7-2)14-11-18(10-9-13(14)15(19)20)16(21)22-17(3,4)5;3*1-2/h6-8,13-14H,9-11H2,1-5H3,(H,19,20);2*1-2H3;1-2H2/b8-6-,12-7+;;;. The summed E-state index contributed by atoms with van der Waals surface area (Å²) in [6.07, 6.45) is 5.78. The Labute approximate surface area is 173 Å². The van der Waals surface area contributed by atoms with E-state index in [2.05, 4.69) is 13.2 Å². The minimum absolute atomic E-state index is 0.208. The van der Waals surface area contributed by atoms with Crippen LogP contribution in [0.3, 0.4) is 0 Å². The van der Waals surface area contributed by atoms with Gasteiger partial charge in [-0.2, -0.15) is 0 Å². The SMILES string of the molecule is C/C=C\C(=C/C)C1CN(C(=O)OC(C)(C)C)CCC1C(=O)O.C=C.CC.CC. The highest BCUT2D eigenvalue weighted by atomic mass is 16.6. The molecule has 0 aliphatic carbocycles. The Hall–Kier alpha value is -2.04. The van der Waals surface area contributed by atoms with Crippen molar-refractivity contribution in [3.8, 4) is 0 Å². The van der Waals surface area contributed by atoms with Crippen LogP contribution in [0.2, 0.25) is 0 Å². The van der Waals surface area contributed by atoms with E-state index in [0.717, 1.165) is 5.57 Å². The summed E-state index contributed by atoms with van der Waals surface area (Å²) in [5.74, 6) is -1.49. The molecule has 1 N–H and O–H groups in total.